The molecule has 8 heteroatoms. The standard InChI is InChI=1S/C16H15N3O4S/c1-24(22,23)18-16(13-8-5-9-14(10-13)19(20)21)11-15(17-18)12-6-3-2-4-7-12/h2-11,16-17H,1H3/t16-/m1/s1. The first-order valence-corrected chi connectivity index (χ1v) is 8.99. The second kappa shape index (κ2) is 6.06. The third kappa shape index (κ3) is 3.15. The average Bonchev–Trinajstić information content (AvgIpc) is 3.01. The van der Waals surface area contributed by atoms with Crippen molar-refractivity contribution in [3.63, 3.8) is 0 Å². The van der Waals surface area contributed by atoms with Gasteiger partial charge in [0.2, 0.25) is 10.0 Å². The van der Waals surface area contributed by atoms with E-state index in [1.807, 2.05) is 30.3 Å². The van der Waals surface area contributed by atoms with Gasteiger partial charge in [-0.2, -0.15) is 0 Å². The number of benzene rings is 2. The number of nitro groups is 1. The highest BCUT2D eigenvalue weighted by Gasteiger charge is 2.33. The largest absolute Gasteiger partial charge is 0.304 e. The third-order valence-corrected chi connectivity index (χ3v) is 4.71. The van der Waals surface area contributed by atoms with Crippen LogP contribution in [-0.4, -0.2) is 24.0 Å². The molecule has 3 rings (SSSR count). The highest BCUT2D eigenvalue weighted by molar-refractivity contribution is 7.88. The fraction of sp³-hybridized carbons (Fsp3) is 0.125. The Labute approximate surface area is 139 Å². The van der Waals surface area contributed by atoms with Gasteiger partial charge in [-0.3, -0.25) is 10.1 Å². The molecule has 1 aliphatic rings. The molecule has 0 aliphatic carbocycles. The molecule has 0 saturated heterocycles. The van der Waals surface area contributed by atoms with Crippen molar-refractivity contribution in [2.24, 2.45) is 0 Å². The lowest BCUT2D eigenvalue weighted by Crippen LogP contribution is -2.38. The van der Waals surface area contributed by atoms with Crippen LogP contribution in [0.3, 0.4) is 0 Å². The maximum atomic E-state index is 12.1. The highest BCUT2D eigenvalue weighted by Crippen LogP contribution is 2.33. The Morgan fingerprint density at radius 3 is 2.46 bits per heavy atom. The normalized spacial score (nSPS) is 18.0. The molecular weight excluding hydrogens is 330 g/mol. The fourth-order valence-corrected chi connectivity index (χ4v) is 3.43. The van der Waals surface area contributed by atoms with Crippen LogP contribution in [0.4, 0.5) is 5.69 Å². The monoisotopic (exact) mass is 345 g/mol. The van der Waals surface area contributed by atoms with Crippen LogP contribution in [0.15, 0.2) is 60.7 Å². The second-order valence-electron chi connectivity index (χ2n) is 5.41. The van der Waals surface area contributed by atoms with Gasteiger partial charge in [0.1, 0.15) is 0 Å². The highest BCUT2D eigenvalue weighted by atomic mass is 32.2. The molecule has 0 fully saturated rings. The molecule has 2 aromatic carbocycles. The molecule has 0 aromatic heterocycles. The van der Waals surface area contributed by atoms with E-state index >= 15 is 0 Å². The minimum atomic E-state index is -3.57. The Kier molecular flexibility index (Phi) is 4.08. The lowest BCUT2D eigenvalue weighted by Gasteiger charge is -2.22. The maximum absolute atomic E-state index is 12.1. The van der Waals surface area contributed by atoms with Crippen LogP contribution >= 0.6 is 0 Å². The lowest BCUT2D eigenvalue weighted by molar-refractivity contribution is -0.384. The minimum Gasteiger partial charge on any atom is -0.304 e. The summed E-state index contributed by atoms with van der Waals surface area (Å²) in [6.45, 7) is 0. The summed E-state index contributed by atoms with van der Waals surface area (Å²) in [5.74, 6) is 0. The van der Waals surface area contributed by atoms with E-state index in [2.05, 4.69) is 5.43 Å². The zero-order valence-electron chi connectivity index (χ0n) is 12.8. The van der Waals surface area contributed by atoms with Gasteiger partial charge in [0, 0.05) is 12.1 Å². The van der Waals surface area contributed by atoms with Gasteiger partial charge in [-0.25, -0.2) is 8.42 Å². The quantitative estimate of drug-likeness (QED) is 0.679. The predicted molar refractivity (Wildman–Crippen MR) is 90.1 cm³/mol. The van der Waals surface area contributed by atoms with E-state index in [-0.39, 0.29) is 5.69 Å². The molecule has 1 N–H and O–H groups in total. The summed E-state index contributed by atoms with van der Waals surface area (Å²) in [7, 11) is -3.57. The fourth-order valence-electron chi connectivity index (χ4n) is 2.57. The third-order valence-electron chi connectivity index (χ3n) is 3.67. The zero-order chi connectivity index (χ0) is 17.3. The van der Waals surface area contributed by atoms with Crippen molar-refractivity contribution in [2.75, 3.05) is 6.26 Å². The van der Waals surface area contributed by atoms with Gasteiger partial charge in [0.25, 0.3) is 5.69 Å². The van der Waals surface area contributed by atoms with Crippen LogP contribution in [0.5, 0.6) is 0 Å². The van der Waals surface area contributed by atoms with E-state index in [1.54, 1.807) is 18.2 Å². The molecule has 0 unspecified atom stereocenters. The smallest absolute Gasteiger partial charge is 0.269 e. The Morgan fingerprint density at radius 2 is 1.83 bits per heavy atom. The number of sulfonamides is 1. The SMILES string of the molecule is CS(=O)(=O)N1NC(c2ccccc2)=C[C@@H]1c1cccc([N+](=O)[O-])c1. The first-order valence-electron chi connectivity index (χ1n) is 7.14. The van der Waals surface area contributed by atoms with Gasteiger partial charge in [0.05, 0.1) is 22.9 Å². The number of nitrogens with zero attached hydrogens (tertiary/aromatic N) is 2. The van der Waals surface area contributed by atoms with Crippen molar-refractivity contribution in [1.29, 1.82) is 0 Å². The number of hydrogen-bond donors (Lipinski definition) is 1. The Balaban J connectivity index is 2.06. The summed E-state index contributed by atoms with van der Waals surface area (Å²) in [6, 6.07) is 14.6. The van der Waals surface area contributed by atoms with Gasteiger partial charge < -0.3 is 5.43 Å². The average molecular weight is 345 g/mol. The topological polar surface area (TPSA) is 92.6 Å². The number of rotatable bonds is 4. The van der Waals surface area contributed by atoms with Crippen LogP contribution in [0, 0.1) is 10.1 Å². The lowest BCUT2D eigenvalue weighted by atomic mass is 10.0. The first kappa shape index (κ1) is 16.2. The van der Waals surface area contributed by atoms with Crippen LogP contribution in [0.2, 0.25) is 0 Å². The van der Waals surface area contributed by atoms with Crippen molar-refractivity contribution >= 4 is 21.4 Å². The summed E-state index contributed by atoms with van der Waals surface area (Å²) < 4.78 is 25.3. The zero-order valence-corrected chi connectivity index (χ0v) is 13.6. The second-order valence-corrected chi connectivity index (χ2v) is 7.27. The molecule has 24 heavy (non-hydrogen) atoms. The molecule has 1 heterocycles. The van der Waals surface area contributed by atoms with Crippen molar-refractivity contribution in [2.45, 2.75) is 6.04 Å². The Morgan fingerprint density at radius 1 is 1.12 bits per heavy atom. The summed E-state index contributed by atoms with van der Waals surface area (Å²) in [5, 5.41) is 11.0. The molecular formula is C16H15N3O4S. The summed E-state index contributed by atoms with van der Waals surface area (Å²) >= 11 is 0. The molecule has 124 valence electrons. The van der Waals surface area contributed by atoms with Gasteiger partial charge in [-0.05, 0) is 17.2 Å². The molecule has 0 saturated carbocycles. The summed E-state index contributed by atoms with van der Waals surface area (Å²) in [5.41, 5.74) is 4.79. The molecule has 7 nitrogen and oxygen atoms in total. The molecule has 1 aliphatic heterocycles. The number of non-ortho nitro benzene ring substituents is 1. The van der Waals surface area contributed by atoms with Crippen LogP contribution in [0.1, 0.15) is 17.2 Å². The van der Waals surface area contributed by atoms with Crippen LogP contribution in [-0.2, 0) is 10.0 Å². The molecule has 0 amide bonds. The maximum Gasteiger partial charge on any atom is 0.269 e. The van der Waals surface area contributed by atoms with Crippen molar-refractivity contribution in [3.8, 4) is 0 Å². The number of nitro benzene ring substituents is 1. The minimum absolute atomic E-state index is 0.0810. The molecule has 2 aromatic rings. The first-order chi connectivity index (χ1) is 11.4. The summed E-state index contributed by atoms with van der Waals surface area (Å²) in [6.07, 6.45) is 2.83. The van der Waals surface area contributed by atoms with Crippen LogP contribution < -0.4 is 5.43 Å². The molecule has 0 radical (unpaired) electrons. The Bertz CT molecular complexity index is 910. The molecule has 1 atom stereocenters. The Hall–Kier alpha value is -2.71. The van der Waals surface area contributed by atoms with Crippen molar-refractivity contribution < 1.29 is 13.3 Å². The van der Waals surface area contributed by atoms with E-state index in [0.29, 0.717) is 11.3 Å². The van der Waals surface area contributed by atoms with Gasteiger partial charge in [-0.1, -0.05) is 42.5 Å². The molecule has 0 spiro atoms. The van der Waals surface area contributed by atoms with Gasteiger partial charge in [0.15, 0.2) is 0 Å². The predicted octanol–water partition coefficient (Wildman–Crippen LogP) is 2.46. The van der Waals surface area contributed by atoms with E-state index < -0.39 is 21.0 Å². The van der Waals surface area contributed by atoms with Crippen molar-refractivity contribution in [3.05, 3.63) is 81.9 Å². The van der Waals surface area contributed by atoms with Crippen LogP contribution in [0.25, 0.3) is 5.70 Å². The summed E-state index contributed by atoms with van der Waals surface area (Å²) in [4.78, 5) is 10.5. The van der Waals surface area contributed by atoms with E-state index in [0.717, 1.165) is 16.2 Å². The van der Waals surface area contributed by atoms with E-state index in [4.69, 9.17) is 0 Å². The number of hydrogen-bond acceptors (Lipinski definition) is 5. The van der Waals surface area contributed by atoms with E-state index in [9.17, 15) is 18.5 Å². The number of hydrazine groups is 1. The molecule has 0 bridgehead atoms. The van der Waals surface area contributed by atoms with E-state index in [1.165, 1.54) is 12.1 Å². The van der Waals surface area contributed by atoms with Gasteiger partial charge >= 0.3 is 0 Å². The van der Waals surface area contributed by atoms with Crippen molar-refractivity contribution in [1.82, 2.24) is 9.84 Å². The van der Waals surface area contributed by atoms with Gasteiger partial charge in [-0.15, -0.1) is 4.41 Å². The number of nitrogens with one attached hydrogen (secondary N) is 1.